The maximum atomic E-state index is 12.7. The van der Waals surface area contributed by atoms with E-state index in [2.05, 4.69) is 0 Å². The molecule has 0 bridgehead atoms. The number of benzene rings is 3. The van der Waals surface area contributed by atoms with Crippen LogP contribution < -0.4 is 4.74 Å². The molecule has 1 aliphatic rings. The van der Waals surface area contributed by atoms with Gasteiger partial charge in [-0.1, -0.05) is 48.5 Å². The molecular weight excluding hydrogens is 376 g/mol. The van der Waals surface area contributed by atoms with Crippen LogP contribution in [0.15, 0.2) is 78.4 Å². The lowest BCUT2D eigenvalue weighted by Gasteiger charge is -2.17. The molecule has 0 aromatic heterocycles. The number of ketones is 1. The largest absolute Gasteiger partial charge is 0.489 e. The van der Waals surface area contributed by atoms with Crippen LogP contribution in [0.1, 0.15) is 43.8 Å². The molecule has 3 aromatic rings. The molecule has 30 heavy (non-hydrogen) atoms. The predicted molar refractivity (Wildman–Crippen MR) is 116 cm³/mol. The number of ether oxygens (including phenoxy) is 2. The van der Waals surface area contributed by atoms with Crippen molar-refractivity contribution in [1.82, 2.24) is 0 Å². The van der Waals surface area contributed by atoms with E-state index in [1.807, 2.05) is 66.7 Å². The first-order valence-electron chi connectivity index (χ1n) is 9.87. The third-order valence-electron chi connectivity index (χ3n) is 5.22. The van der Waals surface area contributed by atoms with E-state index >= 15 is 0 Å². The minimum Gasteiger partial charge on any atom is -0.489 e. The van der Waals surface area contributed by atoms with Crippen LogP contribution >= 0.6 is 0 Å². The van der Waals surface area contributed by atoms with Gasteiger partial charge >= 0.3 is 5.97 Å². The lowest BCUT2D eigenvalue weighted by atomic mass is 9.86. The van der Waals surface area contributed by atoms with Gasteiger partial charge in [0.1, 0.15) is 12.4 Å². The lowest BCUT2D eigenvalue weighted by molar-refractivity contribution is 0.0600. The first-order chi connectivity index (χ1) is 14.6. The minimum atomic E-state index is -0.355. The highest BCUT2D eigenvalue weighted by molar-refractivity contribution is 6.13. The fourth-order valence-corrected chi connectivity index (χ4v) is 3.54. The van der Waals surface area contributed by atoms with Crippen LogP contribution in [0.4, 0.5) is 0 Å². The average molecular weight is 398 g/mol. The minimum absolute atomic E-state index is 0.118. The molecule has 1 aliphatic carbocycles. The van der Waals surface area contributed by atoms with Crippen LogP contribution in [0.3, 0.4) is 0 Å². The van der Waals surface area contributed by atoms with E-state index in [0.29, 0.717) is 12.2 Å². The Hall–Kier alpha value is -3.66. The second-order valence-corrected chi connectivity index (χ2v) is 7.20. The van der Waals surface area contributed by atoms with Gasteiger partial charge in [0.2, 0.25) is 0 Å². The molecule has 0 amide bonds. The zero-order valence-corrected chi connectivity index (χ0v) is 16.8. The molecule has 0 unspecified atom stereocenters. The van der Waals surface area contributed by atoms with Crippen LogP contribution in [0.5, 0.6) is 5.75 Å². The van der Waals surface area contributed by atoms with Gasteiger partial charge < -0.3 is 9.47 Å². The Kier molecular flexibility index (Phi) is 5.75. The van der Waals surface area contributed by atoms with Crippen molar-refractivity contribution in [2.24, 2.45) is 0 Å². The summed E-state index contributed by atoms with van der Waals surface area (Å²) in [5, 5.41) is 0. The Morgan fingerprint density at radius 1 is 0.933 bits per heavy atom. The summed E-state index contributed by atoms with van der Waals surface area (Å²) in [5.74, 6) is 0.509. The quantitative estimate of drug-likeness (QED) is 0.434. The van der Waals surface area contributed by atoms with Gasteiger partial charge in [-0.2, -0.15) is 0 Å². The van der Waals surface area contributed by atoms with E-state index in [9.17, 15) is 9.59 Å². The Bertz CT molecular complexity index is 1090. The molecule has 0 N–H and O–H groups in total. The topological polar surface area (TPSA) is 52.6 Å². The van der Waals surface area contributed by atoms with Crippen LogP contribution in [-0.2, 0) is 17.8 Å². The number of hydrogen-bond acceptors (Lipinski definition) is 4. The van der Waals surface area contributed by atoms with Crippen molar-refractivity contribution < 1.29 is 19.1 Å². The van der Waals surface area contributed by atoms with Crippen molar-refractivity contribution >= 4 is 17.8 Å². The molecule has 0 atom stereocenters. The number of aryl methyl sites for hydroxylation is 1. The molecule has 0 aliphatic heterocycles. The molecule has 0 saturated heterocycles. The number of methoxy groups -OCH3 is 1. The normalized spacial score (nSPS) is 14.3. The molecule has 4 rings (SSSR count). The molecule has 0 saturated carbocycles. The van der Waals surface area contributed by atoms with E-state index < -0.39 is 0 Å². The van der Waals surface area contributed by atoms with E-state index in [1.54, 1.807) is 12.1 Å². The number of rotatable bonds is 5. The number of Topliss-reactive ketones (excluding diaryl/α,β-unsaturated/α-hetero) is 1. The number of hydrogen-bond donors (Lipinski definition) is 0. The van der Waals surface area contributed by atoms with Crippen LogP contribution in [-0.4, -0.2) is 18.9 Å². The summed E-state index contributed by atoms with van der Waals surface area (Å²) in [7, 11) is 1.36. The van der Waals surface area contributed by atoms with Crippen molar-refractivity contribution in [3.8, 4) is 5.75 Å². The van der Waals surface area contributed by atoms with Crippen molar-refractivity contribution in [3.63, 3.8) is 0 Å². The number of allylic oxidation sites excluding steroid dienone is 1. The third kappa shape index (κ3) is 4.33. The van der Waals surface area contributed by atoms with E-state index in [-0.39, 0.29) is 11.8 Å². The number of carbonyl (C=O) groups is 2. The van der Waals surface area contributed by atoms with Gasteiger partial charge in [-0.05, 0) is 59.9 Å². The summed E-state index contributed by atoms with van der Waals surface area (Å²) in [5.41, 5.74) is 5.23. The molecular formula is C26H22O4. The van der Waals surface area contributed by atoms with E-state index in [4.69, 9.17) is 9.47 Å². The van der Waals surface area contributed by atoms with Gasteiger partial charge in [-0.25, -0.2) is 4.79 Å². The molecule has 3 aromatic carbocycles. The van der Waals surface area contributed by atoms with Crippen molar-refractivity contribution in [2.75, 3.05) is 7.11 Å². The van der Waals surface area contributed by atoms with Crippen LogP contribution in [0.25, 0.3) is 6.08 Å². The third-order valence-corrected chi connectivity index (χ3v) is 5.22. The first-order valence-corrected chi connectivity index (χ1v) is 9.87. The molecule has 0 heterocycles. The summed E-state index contributed by atoms with van der Waals surface area (Å²) < 4.78 is 10.5. The molecule has 4 nitrogen and oxygen atoms in total. The fraction of sp³-hybridized carbons (Fsp3) is 0.154. The van der Waals surface area contributed by atoms with Crippen molar-refractivity contribution in [1.29, 1.82) is 0 Å². The molecule has 150 valence electrons. The molecule has 0 radical (unpaired) electrons. The molecule has 4 heteroatoms. The number of esters is 1. The lowest BCUT2D eigenvalue weighted by Crippen LogP contribution is -2.13. The maximum absolute atomic E-state index is 12.7. The molecule has 0 spiro atoms. The number of carbonyl (C=O) groups excluding carboxylic acids is 2. The second kappa shape index (κ2) is 8.78. The SMILES string of the molecule is COC(=O)c1ccc(COc2ccc(/C=C3\CCc4ccccc4C3=O)cc2)cc1. The van der Waals surface area contributed by atoms with Gasteiger partial charge in [0, 0.05) is 11.1 Å². The Balaban J connectivity index is 1.39. The van der Waals surface area contributed by atoms with Crippen molar-refractivity contribution in [2.45, 2.75) is 19.4 Å². The van der Waals surface area contributed by atoms with Gasteiger partial charge in [0.05, 0.1) is 12.7 Å². The Morgan fingerprint density at radius 2 is 1.67 bits per heavy atom. The Morgan fingerprint density at radius 3 is 2.40 bits per heavy atom. The van der Waals surface area contributed by atoms with Gasteiger partial charge in [-0.3, -0.25) is 4.79 Å². The zero-order valence-electron chi connectivity index (χ0n) is 16.8. The maximum Gasteiger partial charge on any atom is 0.337 e. The van der Waals surface area contributed by atoms with Crippen LogP contribution in [0.2, 0.25) is 0 Å². The van der Waals surface area contributed by atoms with E-state index in [0.717, 1.165) is 46.4 Å². The standard InChI is InChI=1S/C26H22O4/c1-29-26(28)21-10-6-19(7-11-21)17-30-23-14-8-18(9-15-23)16-22-13-12-20-4-2-3-5-24(20)25(22)27/h2-11,14-16H,12-13,17H2,1H3/b22-16+. The first kappa shape index (κ1) is 19.6. The highest BCUT2D eigenvalue weighted by Gasteiger charge is 2.21. The highest BCUT2D eigenvalue weighted by Crippen LogP contribution is 2.27. The summed E-state index contributed by atoms with van der Waals surface area (Å²) in [4.78, 5) is 24.2. The van der Waals surface area contributed by atoms with Crippen molar-refractivity contribution in [3.05, 3.63) is 106 Å². The summed E-state index contributed by atoms with van der Waals surface area (Å²) in [6.45, 7) is 0.400. The second-order valence-electron chi connectivity index (χ2n) is 7.20. The van der Waals surface area contributed by atoms with Gasteiger partial charge in [0.25, 0.3) is 0 Å². The highest BCUT2D eigenvalue weighted by atomic mass is 16.5. The summed E-state index contributed by atoms with van der Waals surface area (Å²) in [6.07, 6.45) is 3.62. The van der Waals surface area contributed by atoms with Gasteiger partial charge in [0.15, 0.2) is 5.78 Å². The van der Waals surface area contributed by atoms with E-state index in [1.165, 1.54) is 7.11 Å². The van der Waals surface area contributed by atoms with Crippen LogP contribution in [0, 0.1) is 0 Å². The smallest absolute Gasteiger partial charge is 0.337 e. The number of fused-ring (bicyclic) bond motifs is 1. The Labute approximate surface area is 175 Å². The van der Waals surface area contributed by atoms with Gasteiger partial charge in [-0.15, -0.1) is 0 Å². The zero-order chi connectivity index (χ0) is 20.9. The monoisotopic (exact) mass is 398 g/mol. The molecule has 0 fully saturated rings. The summed E-state index contributed by atoms with van der Waals surface area (Å²) >= 11 is 0. The average Bonchev–Trinajstić information content (AvgIpc) is 2.80. The summed E-state index contributed by atoms with van der Waals surface area (Å²) in [6, 6.07) is 22.7. The predicted octanol–water partition coefficient (Wildman–Crippen LogP) is 5.26. The fourth-order valence-electron chi connectivity index (χ4n) is 3.54.